The van der Waals surface area contributed by atoms with E-state index in [0.29, 0.717) is 13.0 Å². The molecular formula is C21H24N2O2. The summed E-state index contributed by atoms with van der Waals surface area (Å²) in [5.41, 5.74) is 4.28. The normalized spacial score (nSPS) is 18.5. The van der Waals surface area contributed by atoms with E-state index >= 15 is 0 Å². The van der Waals surface area contributed by atoms with Crippen LogP contribution in [-0.2, 0) is 22.6 Å². The molecule has 2 aromatic carbocycles. The van der Waals surface area contributed by atoms with Crippen molar-refractivity contribution < 1.29 is 9.59 Å². The number of carbonyl (C=O) groups is 2. The second kappa shape index (κ2) is 7.51. The SMILES string of the molecule is CCc1ccc(NC(=O)C2CC2C(=O)NCc2ccc(C)cc2)cc1. The fourth-order valence-corrected chi connectivity index (χ4v) is 2.86. The van der Waals surface area contributed by atoms with Crippen LogP contribution in [-0.4, -0.2) is 11.8 Å². The summed E-state index contributed by atoms with van der Waals surface area (Å²) in [5.74, 6) is -0.536. The minimum absolute atomic E-state index is 0.0398. The number of aryl methyl sites for hydroxylation is 2. The highest BCUT2D eigenvalue weighted by Gasteiger charge is 2.47. The largest absolute Gasteiger partial charge is 0.352 e. The van der Waals surface area contributed by atoms with Crippen molar-refractivity contribution in [3.63, 3.8) is 0 Å². The Morgan fingerprint density at radius 3 is 2.16 bits per heavy atom. The topological polar surface area (TPSA) is 58.2 Å². The third-order valence-corrected chi connectivity index (χ3v) is 4.68. The molecular weight excluding hydrogens is 312 g/mol. The lowest BCUT2D eigenvalue weighted by molar-refractivity contribution is -0.125. The van der Waals surface area contributed by atoms with Gasteiger partial charge in [-0.1, -0.05) is 48.9 Å². The number of anilines is 1. The smallest absolute Gasteiger partial charge is 0.228 e. The first-order chi connectivity index (χ1) is 12.1. The summed E-state index contributed by atoms with van der Waals surface area (Å²) in [6.45, 7) is 4.63. The van der Waals surface area contributed by atoms with Crippen molar-refractivity contribution in [2.75, 3.05) is 5.32 Å². The Kier molecular flexibility index (Phi) is 5.17. The summed E-state index contributed by atoms with van der Waals surface area (Å²) in [6, 6.07) is 15.9. The van der Waals surface area contributed by atoms with Crippen LogP contribution in [0.5, 0.6) is 0 Å². The Bertz CT molecular complexity index is 750. The van der Waals surface area contributed by atoms with Crippen LogP contribution in [0, 0.1) is 18.8 Å². The Hall–Kier alpha value is -2.62. The van der Waals surface area contributed by atoms with E-state index in [0.717, 1.165) is 17.7 Å². The number of rotatable bonds is 6. The zero-order chi connectivity index (χ0) is 17.8. The van der Waals surface area contributed by atoms with E-state index in [1.54, 1.807) is 0 Å². The number of benzene rings is 2. The zero-order valence-electron chi connectivity index (χ0n) is 14.7. The molecule has 1 saturated carbocycles. The molecule has 25 heavy (non-hydrogen) atoms. The molecule has 0 radical (unpaired) electrons. The van der Waals surface area contributed by atoms with E-state index < -0.39 is 0 Å². The van der Waals surface area contributed by atoms with Crippen molar-refractivity contribution in [2.24, 2.45) is 11.8 Å². The van der Waals surface area contributed by atoms with Crippen LogP contribution in [0.2, 0.25) is 0 Å². The number of hydrogen-bond donors (Lipinski definition) is 2. The van der Waals surface area contributed by atoms with Gasteiger partial charge in [-0.25, -0.2) is 0 Å². The molecule has 2 N–H and O–H groups in total. The molecule has 1 fully saturated rings. The molecule has 0 spiro atoms. The van der Waals surface area contributed by atoms with Crippen LogP contribution in [0.3, 0.4) is 0 Å². The summed E-state index contributed by atoms with van der Waals surface area (Å²) in [6.07, 6.45) is 1.60. The first-order valence-electron chi connectivity index (χ1n) is 8.80. The van der Waals surface area contributed by atoms with E-state index in [4.69, 9.17) is 0 Å². The minimum atomic E-state index is -0.219. The first kappa shape index (κ1) is 17.2. The van der Waals surface area contributed by atoms with Gasteiger partial charge in [0.25, 0.3) is 0 Å². The Morgan fingerprint density at radius 1 is 0.920 bits per heavy atom. The standard InChI is InChI=1S/C21H24N2O2/c1-3-15-8-10-17(11-9-15)23-21(25)19-12-18(19)20(24)22-13-16-6-4-14(2)5-7-16/h4-11,18-19H,3,12-13H2,1-2H3,(H,22,24)(H,23,25). The van der Waals surface area contributed by atoms with Crippen LogP contribution >= 0.6 is 0 Å². The van der Waals surface area contributed by atoms with Crippen molar-refractivity contribution in [2.45, 2.75) is 33.2 Å². The van der Waals surface area contributed by atoms with E-state index in [2.05, 4.69) is 17.6 Å². The summed E-state index contributed by atoms with van der Waals surface area (Å²) in [5, 5.41) is 5.83. The molecule has 1 aliphatic rings. The average Bonchev–Trinajstić information content (AvgIpc) is 3.43. The third kappa shape index (κ3) is 4.47. The predicted molar refractivity (Wildman–Crippen MR) is 99.1 cm³/mol. The van der Waals surface area contributed by atoms with Gasteiger partial charge in [-0.2, -0.15) is 0 Å². The van der Waals surface area contributed by atoms with Gasteiger partial charge in [0.05, 0.1) is 11.8 Å². The minimum Gasteiger partial charge on any atom is -0.352 e. The van der Waals surface area contributed by atoms with Crippen molar-refractivity contribution in [1.29, 1.82) is 0 Å². The molecule has 0 saturated heterocycles. The van der Waals surface area contributed by atoms with Crippen molar-refractivity contribution in [3.8, 4) is 0 Å². The van der Waals surface area contributed by atoms with Gasteiger partial charge in [-0.15, -0.1) is 0 Å². The highest BCUT2D eigenvalue weighted by molar-refractivity contribution is 5.99. The Labute approximate surface area is 148 Å². The van der Waals surface area contributed by atoms with E-state index in [9.17, 15) is 9.59 Å². The molecule has 2 atom stereocenters. The Balaban J connectivity index is 1.46. The van der Waals surface area contributed by atoms with Crippen LogP contribution in [0.15, 0.2) is 48.5 Å². The molecule has 1 aliphatic carbocycles. The van der Waals surface area contributed by atoms with Gasteiger partial charge in [-0.3, -0.25) is 9.59 Å². The van der Waals surface area contributed by atoms with Crippen molar-refractivity contribution >= 4 is 17.5 Å². The van der Waals surface area contributed by atoms with Crippen molar-refractivity contribution in [1.82, 2.24) is 5.32 Å². The Morgan fingerprint density at radius 2 is 1.52 bits per heavy atom. The monoisotopic (exact) mass is 336 g/mol. The van der Waals surface area contributed by atoms with Gasteiger partial charge in [0.1, 0.15) is 0 Å². The van der Waals surface area contributed by atoms with E-state index in [1.807, 2.05) is 55.5 Å². The molecule has 0 bridgehead atoms. The highest BCUT2D eigenvalue weighted by Crippen LogP contribution is 2.39. The molecule has 4 nitrogen and oxygen atoms in total. The lowest BCUT2D eigenvalue weighted by Crippen LogP contribution is -2.27. The maximum Gasteiger partial charge on any atom is 0.228 e. The first-order valence-corrected chi connectivity index (χ1v) is 8.80. The number of nitrogens with one attached hydrogen (secondary N) is 2. The van der Waals surface area contributed by atoms with Gasteiger partial charge >= 0.3 is 0 Å². The maximum absolute atomic E-state index is 12.3. The summed E-state index contributed by atoms with van der Waals surface area (Å²) < 4.78 is 0. The molecule has 2 amide bonds. The molecule has 0 aromatic heterocycles. The zero-order valence-corrected chi connectivity index (χ0v) is 14.7. The third-order valence-electron chi connectivity index (χ3n) is 4.68. The molecule has 2 unspecified atom stereocenters. The highest BCUT2D eigenvalue weighted by atomic mass is 16.2. The molecule has 130 valence electrons. The van der Waals surface area contributed by atoms with Crippen LogP contribution in [0.1, 0.15) is 30.0 Å². The number of amides is 2. The number of hydrogen-bond acceptors (Lipinski definition) is 2. The lowest BCUT2D eigenvalue weighted by Gasteiger charge is -2.07. The summed E-state index contributed by atoms with van der Waals surface area (Å²) >= 11 is 0. The molecule has 3 rings (SSSR count). The van der Waals surface area contributed by atoms with Crippen LogP contribution in [0.4, 0.5) is 5.69 Å². The quantitative estimate of drug-likeness (QED) is 0.849. The molecule has 4 heteroatoms. The molecule has 0 aliphatic heterocycles. The van der Waals surface area contributed by atoms with Gasteiger partial charge in [-0.05, 0) is 43.0 Å². The second-order valence-corrected chi connectivity index (χ2v) is 6.69. The number of carbonyl (C=O) groups excluding carboxylic acids is 2. The van der Waals surface area contributed by atoms with Gasteiger partial charge in [0, 0.05) is 12.2 Å². The summed E-state index contributed by atoms with van der Waals surface area (Å²) in [7, 11) is 0. The van der Waals surface area contributed by atoms with Gasteiger partial charge < -0.3 is 10.6 Å². The van der Waals surface area contributed by atoms with Crippen LogP contribution < -0.4 is 10.6 Å². The fraction of sp³-hybridized carbons (Fsp3) is 0.333. The molecule has 2 aromatic rings. The lowest BCUT2D eigenvalue weighted by atomic mass is 10.1. The fourth-order valence-electron chi connectivity index (χ4n) is 2.86. The van der Waals surface area contributed by atoms with Gasteiger partial charge in [0.2, 0.25) is 11.8 Å². The van der Waals surface area contributed by atoms with Crippen LogP contribution in [0.25, 0.3) is 0 Å². The maximum atomic E-state index is 12.3. The predicted octanol–water partition coefficient (Wildman–Crippen LogP) is 3.45. The van der Waals surface area contributed by atoms with Gasteiger partial charge in [0.15, 0.2) is 0 Å². The molecule has 0 heterocycles. The average molecular weight is 336 g/mol. The second-order valence-electron chi connectivity index (χ2n) is 6.69. The van der Waals surface area contributed by atoms with E-state index in [-0.39, 0.29) is 23.7 Å². The van der Waals surface area contributed by atoms with Crippen molar-refractivity contribution in [3.05, 3.63) is 65.2 Å². The summed E-state index contributed by atoms with van der Waals surface area (Å²) in [4.78, 5) is 24.5. The van der Waals surface area contributed by atoms with E-state index in [1.165, 1.54) is 11.1 Å².